The Labute approximate surface area is 95.1 Å². The van der Waals surface area contributed by atoms with Gasteiger partial charge in [0.1, 0.15) is 0 Å². The Morgan fingerprint density at radius 3 is 2.75 bits per heavy atom. The van der Waals surface area contributed by atoms with Gasteiger partial charge >= 0.3 is 0 Å². The lowest BCUT2D eigenvalue weighted by molar-refractivity contribution is 0.756. The van der Waals surface area contributed by atoms with Crippen molar-refractivity contribution in [3.63, 3.8) is 0 Å². The molecule has 0 aliphatic rings. The highest BCUT2D eigenvalue weighted by Gasteiger charge is 2.03. The number of nitrogen functional groups attached to an aromatic ring is 1. The number of para-hydroxylation sites is 1. The molecule has 84 valence electrons. The number of rotatable bonds is 3. The van der Waals surface area contributed by atoms with Gasteiger partial charge in [-0.25, -0.2) is 0 Å². The maximum absolute atomic E-state index is 5.87. The molecular weight excluding hydrogens is 200 g/mol. The summed E-state index contributed by atoms with van der Waals surface area (Å²) in [4.78, 5) is 0. The molecule has 0 radical (unpaired) electrons. The Morgan fingerprint density at radius 2 is 2.12 bits per heavy atom. The monoisotopic (exact) mass is 216 g/mol. The van der Waals surface area contributed by atoms with E-state index < -0.39 is 0 Å². The highest BCUT2D eigenvalue weighted by molar-refractivity contribution is 5.51. The summed E-state index contributed by atoms with van der Waals surface area (Å²) in [7, 11) is 1.91. The molecule has 2 aromatic rings. The van der Waals surface area contributed by atoms with Crippen molar-refractivity contribution < 1.29 is 0 Å². The van der Waals surface area contributed by atoms with Gasteiger partial charge in [-0.3, -0.25) is 4.68 Å². The molecule has 4 heteroatoms. The Bertz CT molecular complexity index is 488. The number of aromatic nitrogens is 2. The van der Waals surface area contributed by atoms with Crippen molar-refractivity contribution in [3.8, 4) is 0 Å². The fraction of sp³-hybridized carbons (Fsp3) is 0.250. The van der Waals surface area contributed by atoms with Crippen LogP contribution in [-0.2, 0) is 13.6 Å². The van der Waals surface area contributed by atoms with E-state index in [-0.39, 0.29) is 0 Å². The van der Waals surface area contributed by atoms with E-state index in [0.29, 0.717) is 0 Å². The molecule has 0 aliphatic heterocycles. The third-order valence-corrected chi connectivity index (χ3v) is 2.54. The molecule has 1 aromatic carbocycles. The molecule has 1 aromatic heterocycles. The highest BCUT2D eigenvalue weighted by atomic mass is 15.3. The van der Waals surface area contributed by atoms with Crippen molar-refractivity contribution in [2.75, 3.05) is 11.1 Å². The number of nitrogens with one attached hydrogen (secondary N) is 1. The van der Waals surface area contributed by atoms with Crippen LogP contribution in [0, 0.1) is 6.92 Å². The van der Waals surface area contributed by atoms with Gasteiger partial charge in [-0.15, -0.1) is 0 Å². The molecule has 16 heavy (non-hydrogen) atoms. The van der Waals surface area contributed by atoms with Crippen molar-refractivity contribution in [1.82, 2.24) is 9.78 Å². The molecule has 0 unspecified atom stereocenters. The molecule has 1 heterocycles. The number of benzene rings is 1. The van der Waals surface area contributed by atoms with Crippen molar-refractivity contribution in [1.29, 1.82) is 0 Å². The van der Waals surface area contributed by atoms with E-state index >= 15 is 0 Å². The van der Waals surface area contributed by atoms with E-state index in [0.717, 1.165) is 29.2 Å². The summed E-state index contributed by atoms with van der Waals surface area (Å²) in [6.07, 6.45) is 1.97. The second-order valence-electron chi connectivity index (χ2n) is 3.85. The van der Waals surface area contributed by atoms with E-state index in [2.05, 4.69) is 10.4 Å². The van der Waals surface area contributed by atoms with Crippen LogP contribution in [0.4, 0.5) is 11.4 Å². The van der Waals surface area contributed by atoms with Gasteiger partial charge in [0.2, 0.25) is 0 Å². The minimum Gasteiger partial charge on any atom is -0.398 e. The Kier molecular flexibility index (Phi) is 2.81. The van der Waals surface area contributed by atoms with Crippen LogP contribution < -0.4 is 11.1 Å². The zero-order valence-corrected chi connectivity index (χ0v) is 9.57. The summed E-state index contributed by atoms with van der Waals surface area (Å²) in [5.74, 6) is 0. The average molecular weight is 216 g/mol. The van der Waals surface area contributed by atoms with E-state index in [9.17, 15) is 0 Å². The van der Waals surface area contributed by atoms with Crippen molar-refractivity contribution in [3.05, 3.63) is 41.7 Å². The smallest absolute Gasteiger partial charge is 0.0825 e. The molecular formula is C12H16N4. The number of hydrogen-bond donors (Lipinski definition) is 2. The predicted molar refractivity (Wildman–Crippen MR) is 66.1 cm³/mol. The molecule has 4 nitrogen and oxygen atoms in total. The zero-order chi connectivity index (χ0) is 11.5. The van der Waals surface area contributed by atoms with Gasteiger partial charge < -0.3 is 11.1 Å². The van der Waals surface area contributed by atoms with E-state index in [1.165, 1.54) is 0 Å². The van der Waals surface area contributed by atoms with Gasteiger partial charge in [-0.05, 0) is 18.6 Å². The number of nitrogens with two attached hydrogens (primary N) is 1. The number of aryl methyl sites for hydroxylation is 2. The number of anilines is 2. The first-order chi connectivity index (χ1) is 7.66. The summed E-state index contributed by atoms with van der Waals surface area (Å²) >= 11 is 0. The summed E-state index contributed by atoms with van der Waals surface area (Å²) in [6.45, 7) is 2.70. The Balaban J connectivity index is 2.08. The quantitative estimate of drug-likeness (QED) is 0.771. The fourth-order valence-electron chi connectivity index (χ4n) is 1.66. The normalized spacial score (nSPS) is 10.4. The zero-order valence-electron chi connectivity index (χ0n) is 9.57. The fourth-order valence-corrected chi connectivity index (χ4v) is 1.66. The van der Waals surface area contributed by atoms with Crippen molar-refractivity contribution in [2.24, 2.45) is 7.05 Å². The molecule has 2 rings (SSSR count). The second-order valence-corrected chi connectivity index (χ2v) is 3.85. The first-order valence-electron chi connectivity index (χ1n) is 5.24. The maximum atomic E-state index is 5.87. The number of nitrogens with zero attached hydrogens (tertiary/aromatic N) is 2. The van der Waals surface area contributed by atoms with Gasteiger partial charge in [0.05, 0.1) is 11.4 Å². The third kappa shape index (κ3) is 2.16. The molecule has 0 atom stereocenters. The van der Waals surface area contributed by atoms with Gasteiger partial charge in [0.25, 0.3) is 0 Å². The molecule has 0 fully saturated rings. The molecule has 0 spiro atoms. The lowest BCUT2D eigenvalue weighted by Gasteiger charge is -2.07. The van der Waals surface area contributed by atoms with Gasteiger partial charge in [0, 0.05) is 25.5 Å². The highest BCUT2D eigenvalue weighted by Crippen LogP contribution is 2.16. The topological polar surface area (TPSA) is 55.9 Å². The number of hydrogen-bond acceptors (Lipinski definition) is 3. The summed E-state index contributed by atoms with van der Waals surface area (Å²) in [5.41, 5.74) is 9.83. The lowest BCUT2D eigenvalue weighted by atomic mass is 10.2. The third-order valence-electron chi connectivity index (χ3n) is 2.54. The summed E-state index contributed by atoms with van der Waals surface area (Å²) < 4.78 is 1.80. The minimum atomic E-state index is 0.721. The molecule has 0 amide bonds. The van der Waals surface area contributed by atoms with Crippen LogP contribution in [0.3, 0.4) is 0 Å². The molecule has 0 bridgehead atoms. The van der Waals surface area contributed by atoms with Crippen LogP contribution in [-0.4, -0.2) is 9.78 Å². The molecule has 0 saturated carbocycles. The van der Waals surface area contributed by atoms with Crippen LogP contribution in [0.5, 0.6) is 0 Å². The van der Waals surface area contributed by atoms with Crippen LogP contribution in [0.25, 0.3) is 0 Å². The largest absolute Gasteiger partial charge is 0.398 e. The van der Waals surface area contributed by atoms with E-state index in [1.54, 1.807) is 4.68 Å². The maximum Gasteiger partial charge on any atom is 0.0825 e. The molecule has 0 aliphatic carbocycles. The summed E-state index contributed by atoms with van der Waals surface area (Å²) in [6, 6.07) is 7.86. The van der Waals surface area contributed by atoms with Crippen LogP contribution in [0.15, 0.2) is 30.5 Å². The standard InChI is InChI=1S/C12H16N4/c1-9-12(8-16(2)15-9)14-7-10-5-3-4-6-11(10)13/h3-6,8,14H,7,13H2,1-2H3. The van der Waals surface area contributed by atoms with Crippen LogP contribution in [0.2, 0.25) is 0 Å². The van der Waals surface area contributed by atoms with Crippen molar-refractivity contribution in [2.45, 2.75) is 13.5 Å². The first kappa shape index (κ1) is 10.5. The molecule has 0 saturated heterocycles. The van der Waals surface area contributed by atoms with Crippen LogP contribution >= 0.6 is 0 Å². The predicted octanol–water partition coefficient (Wildman–Crippen LogP) is 1.92. The van der Waals surface area contributed by atoms with Gasteiger partial charge in [-0.1, -0.05) is 18.2 Å². The van der Waals surface area contributed by atoms with E-state index in [1.807, 2.05) is 44.4 Å². The van der Waals surface area contributed by atoms with Gasteiger partial charge in [0.15, 0.2) is 0 Å². The lowest BCUT2D eigenvalue weighted by Crippen LogP contribution is -2.02. The Morgan fingerprint density at radius 1 is 1.38 bits per heavy atom. The average Bonchev–Trinajstić information content (AvgIpc) is 2.56. The minimum absolute atomic E-state index is 0.721. The van der Waals surface area contributed by atoms with Gasteiger partial charge in [-0.2, -0.15) is 5.10 Å². The summed E-state index contributed by atoms with van der Waals surface area (Å²) in [5, 5.41) is 7.60. The van der Waals surface area contributed by atoms with E-state index in [4.69, 9.17) is 5.73 Å². The van der Waals surface area contributed by atoms with Crippen molar-refractivity contribution >= 4 is 11.4 Å². The SMILES string of the molecule is Cc1nn(C)cc1NCc1ccccc1N. The van der Waals surface area contributed by atoms with Crippen LogP contribution in [0.1, 0.15) is 11.3 Å². The Hall–Kier alpha value is -1.97. The second kappa shape index (κ2) is 4.26. The first-order valence-corrected chi connectivity index (χ1v) is 5.24. The molecule has 3 N–H and O–H groups in total.